The molecule has 1 aliphatic rings. The molecule has 1 aromatic heterocycles. The van der Waals surface area contributed by atoms with Crippen LogP contribution in [0.4, 0.5) is 10.5 Å². The lowest BCUT2D eigenvalue weighted by Crippen LogP contribution is -2.44. The molecule has 0 spiro atoms. The molecule has 2 heterocycles. The number of likely N-dealkylation sites (tertiary alicyclic amines) is 1. The number of carboxylic acid groups (broad SMARTS) is 1. The Morgan fingerprint density at radius 3 is 2.83 bits per heavy atom. The Balaban J connectivity index is 1.79. The number of carbonyl (C=O) groups excluding carboxylic acids is 1. The van der Waals surface area contributed by atoms with Crippen LogP contribution in [-0.2, 0) is 11.8 Å². The number of carbonyl (C=O) groups is 2. The third-order valence-corrected chi connectivity index (χ3v) is 4.39. The molecule has 2 amide bonds. The number of carboxylic acids is 1. The van der Waals surface area contributed by atoms with Gasteiger partial charge < -0.3 is 19.9 Å². The summed E-state index contributed by atoms with van der Waals surface area (Å²) in [6.07, 6.45) is 2.95. The predicted molar refractivity (Wildman–Crippen MR) is 90.1 cm³/mol. The van der Waals surface area contributed by atoms with E-state index < -0.39 is 11.9 Å². The molecule has 2 N–H and O–H groups in total. The second-order valence-corrected chi connectivity index (χ2v) is 6.09. The molecule has 1 fully saturated rings. The Hall–Kier alpha value is -2.83. The van der Waals surface area contributed by atoms with Crippen LogP contribution in [0.3, 0.4) is 0 Å². The molecule has 126 valence electrons. The van der Waals surface area contributed by atoms with Gasteiger partial charge in [0.2, 0.25) is 0 Å². The highest BCUT2D eigenvalue weighted by Crippen LogP contribution is 2.20. The first-order valence-electron chi connectivity index (χ1n) is 7.84. The van der Waals surface area contributed by atoms with Crippen LogP contribution < -0.4 is 10.9 Å². The monoisotopic (exact) mass is 329 g/mol. The van der Waals surface area contributed by atoms with Gasteiger partial charge >= 0.3 is 12.0 Å². The fourth-order valence-electron chi connectivity index (χ4n) is 2.98. The number of nitrogens with one attached hydrogen (secondary N) is 1. The van der Waals surface area contributed by atoms with E-state index in [-0.39, 0.29) is 18.1 Å². The van der Waals surface area contributed by atoms with Gasteiger partial charge in [0.15, 0.2) is 0 Å². The van der Waals surface area contributed by atoms with E-state index in [1.165, 1.54) is 9.47 Å². The molecule has 7 heteroatoms. The summed E-state index contributed by atoms with van der Waals surface area (Å²) in [5.41, 5.74) is 0.390. The van der Waals surface area contributed by atoms with E-state index in [0.29, 0.717) is 30.5 Å². The molecule has 3 rings (SSSR count). The number of aryl methyl sites for hydroxylation is 1. The third-order valence-electron chi connectivity index (χ3n) is 4.39. The van der Waals surface area contributed by atoms with Gasteiger partial charge in [0, 0.05) is 37.4 Å². The first kappa shape index (κ1) is 16.0. The number of nitrogens with zero attached hydrogens (tertiary/aromatic N) is 2. The molecule has 1 saturated heterocycles. The van der Waals surface area contributed by atoms with Crippen molar-refractivity contribution in [3.8, 4) is 0 Å². The van der Waals surface area contributed by atoms with Crippen molar-refractivity contribution in [3.05, 3.63) is 40.8 Å². The van der Waals surface area contributed by atoms with Gasteiger partial charge in [-0.25, -0.2) is 4.79 Å². The number of pyridine rings is 1. The van der Waals surface area contributed by atoms with Crippen LogP contribution in [0.5, 0.6) is 0 Å². The molecular formula is C17H19N3O4. The molecule has 1 aromatic carbocycles. The average molecular weight is 329 g/mol. The summed E-state index contributed by atoms with van der Waals surface area (Å²) >= 11 is 0. The van der Waals surface area contributed by atoms with Gasteiger partial charge in [-0.15, -0.1) is 0 Å². The van der Waals surface area contributed by atoms with Crippen molar-refractivity contribution in [1.29, 1.82) is 0 Å². The van der Waals surface area contributed by atoms with Crippen molar-refractivity contribution >= 4 is 28.5 Å². The summed E-state index contributed by atoms with van der Waals surface area (Å²) in [6.45, 7) is 0.738. The van der Waals surface area contributed by atoms with Gasteiger partial charge in [0.1, 0.15) is 0 Å². The summed E-state index contributed by atoms with van der Waals surface area (Å²) in [6, 6.07) is 6.66. The SMILES string of the molecule is Cn1ccc2ccc(NC(=O)N3CCCC(C(=O)O)C3)cc2c1=O. The third kappa shape index (κ3) is 3.10. The Labute approximate surface area is 138 Å². The molecule has 2 aromatic rings. The molecule has 1 aliphatic heterocycles. The lowest BCUT2D eigenvalue weighted by molar-refractivity contribution is -0.143. The van der Waals surface area contributed by atoms with Crippen molar-refractivity contribution in [3.63, 3.8) is 0 Å². The first-order valence-corrected chi connectivity index (χ1v) is 7.84. The van der Waals surface area contributed by atoms with Gasteiger partial charge in [-0.1, -0.05) is 6.07 Å². The second kappa shape index (κ2) is 6.35. The van der Waals surface area contributed by atoms with Gasteiger partial charge in [-0.2, -0.15) is 0 Å². The maximum absolute atomic E-state index is 12.4. The summed E-state index contributed by atoms with van der Waals surface area (Å²) in [7, 11) is 1.67. The van der Waals surface area contributed by atoms with Crippen LogP contribution in [-0.4, -0.2) is 39.7 Å². The van der Waals surface area contributed by atoms with E-state index in [1.807, 2.05) is 6.07 Å². The summed E-state index contributed by atoms with van der Waals surface area (Å²) in [5.74, 6) is -1.39. The number of anilines is 1. The number of fused-ring (bicyclic) bond motifs is 1. The van der Waals surface area contributed by atoms with Crippen molar-refractivity contribution in [2.24, 2.45) is 13.0 Å². The Bertz CT molecular complexity index is 859. The largest absolute Gasteiger partial charge is 0.481 e. The minimum Gasteiger partial charge on any atom is -0.481 e. The Morgan fingerprint density at radius 2 is 2.08 bits per heavy atom. The number of aromatic nitrogens is 1. The van der Waals surface area contributed by atoms with Crippen LogP contribution >= 0.6 is 0 Å². The van der Waals surface area contributed by atoms with E-state index in [1.54, 1.807) is 31.4 Å². The fraction of sp³-hybridized carbons (Fsp3) is 0.353. The molecule has 7 nitrogen and oxygen atoms in total. The number of aliphatic carboxylic acids is 1. The highest BCUT2D eigenvalue weighted by molar-refractivity contribution is 5.93. The van der Waals surface area contributed by atoms with Crippen LogP contribution in [0.1, 0.15) is 12.8 Å². The first-order chi connectivity index (χ1) is 11.5. The fourth-order valence-corrected chi connectivity index (χ4v) is 2.98. The van der Waals surface area contributed by atoms with Crippen LogP contribution in [0.25, 0.3) is 10.8 Å². The summed E-state index contributed by atoms with van der Waals surface area (Å²) in [4.78, 5) is 37.1. The van der Waals surface area contributed by atoms with E-state index in [4.69, 9.17) is 5.11 Å². The van der Waals surface area contributed by atoms with E-state index >= 15 is 0 Å². The topological polar surface area (TPSA) is 91.6 Å². The van der Waals surface area contributed by atoms with Crippen molar-refractivity contribution < 1.29 is 14.7 Å². The minimum atomic E-state index is -0.873. The molecule has 0 aliphatic carbocycles. The number of piperidine rings is 1. The minimum absolute atomic E-state index is 0.132. The average Bonchev–Trinajstić information content (AvgIpc) is 2.58. The van der Waals surface area contributed by atoms with Crippen molar-refractivity contribution in [2.75, 3.05) is 18.4 Å². The zero-order valence-corrected chi connectivity index (χ0v) is 13.4. The van der Waals surface area contributed by atoms with Gasteiger partial charge in [0.25, 0.3) is 5.56 Å². The van der Waals surface area contributed by atoms with Crippen LogP contribution in [0.15, 0.2) is 35.3 Å². The van der Waals surface area contributed by atoms with Crippen LogP contribution in [0, 0.1) is 5.92 Å². The zero-order valence-electron chi connectivity index (χ0n) is 13.4. The van der Waals surface area contributed by atoms with Gasteiger partial charge in [0.05, 0.1) is 5.92 Å². The van der Waals surface area contributed by atoms with Crippen molar-refractivity contribution in [2.45, 2.75) is 12.8 Å². The quantitative estimate of drug-likeness (QED) is 0.880. The summed E-state index contributed by atoms with van der Waals surface area (Å²) in [5, 5.41) is 13.2. The Morgan fingerprint density at radius 1 is 1.29 bits per heavy atom. The molecular weight excluding hydrogens is 310 g/mol. The van der Waals surface area contributed by atoms with E-state index in [2.05, 4.69) is 5.32 Å². The maximum Gasteiger partial charge on any atom is 0.321 e. The smallest absolute Gasteiger partial charge is 0.321 e. The number of amides is 2. The number of rotatable bonds is 2. The van der Waals surface area contributed by atoms with Crippen molar-refractivity contribution in [1.82, 2.24) is 9.47 Å². The number of urea groups is 1. The lowest BCUT2D eigenvalue weighted by Gasteiger charge is -2.30. The molecule has 24 heavy (non-hydrogen) atoms. The zero-order chi connectivity index (χ0) is 17.3. The van der Waals surface area contributed by atoms with Gasteiger partial charge in [-0.3, -0.25) is 9.59 Å². The maximum atomic E-state index is 12.4. The van der Waals surface area contributed by atoms with E-state index in [9.17, 15) is 14.4 Å². The normalized spacial score (nSPS) is 17.7. The van der Waals surface area contributed by atoms with Gasteiger partial charge in [-0.05, 0) is 36.4 Å². The number of benzene rings is 1. The highest BCUT2D eigenvalue weighted by atomic mass is 16.4. The predicted octanol–water partition coefficient (Wildman–Crippen LogP) is 1.87. The molecule has 0 bridgehead atoms. The summed E-state index contributed by atoms with van der Waals surface area (Å²) < 4.78 is 1.48. The standard InChI is InChI=1S/C17H19N3O4/c1-19-8-6-11-4-5-13(9-14(11)15(19)21)18-17(24)20-7-2-3-12(10-20)16(22)23/h4-6,8-9,12H,2-3,7,10H2,1H3,(H,18,24)(H,22,23). The Kier molecular flexibility index (Phi) is 4.24. The molecule has 0 radical (unpaired) electrons. The second-order valence-electron chi connectivity index (χ2n) is 6.09. The molecule has 1 atom stereocenters. The number of hydrogen-bond acceptors (Lipinski definition) is 3. The molecule has 1 unspecified atom stereocenters. The molecule has 0 saturated carbocycles. The lowest BCUT2D eigenvalue weighted by atomic mass is 9.99. The van der Waals surface area contributed by atoms with Crippen LogP contribution in [0.2, 0.25) is 0 Å². The van der Waals surface area contributed by atoms with E-state index in [0.717, 1.165) is 5.39 Å². The number of hydrogen-bond donors (Lipinski definition) is 2. The highest BCUT2D eigenvalue weighted by Gasteiger charge is 2.28.